The molecule has 1 aromatic carbocycles. The van der Waals surface area contributed by atoms with E-state index < -0.39 is 0 Å². The predicted molar refractivity (Wildman–Crippen MR) is 106 cm³/mol. The molecule has 0 atom stereocenters. The second-order valence-corrected chi connectivity index (χ2v) is 7.62. The Labute approximate surface area is 161 Å². The summed E-state index contributed by atoms with van der Waals surface area (Å²) in [5.74, 6) is 0.978. The van der Waals surface area contributed by atoms with Gasteiger partial charge in [-0.1, -0.05) is 12.1 Å². The molecule has 2 N–H and O–H groups in total. The minimum absolute atomic E-state index is 0.0223. The Hall–Kier alpha value is -2.67. The quantitative estimate of drug-likeness (QED) is 0.712. The number of rotatable bonds is 5. The molecule has 1 aliphatic rings. The number of aryl methyl sites for hydroxylation is 1. The van der Waals surface area contributed by atoms with E-state index in [1.54, 1.807) is 0 Å². The fourth-order valence-corrected chi connectivity index (χ4v) is 4.08. The lowest BCUT2D eigenvalue weighted by molar-refractivity contribution is -0.132. The third kappa shape index (κ3) is 4.19. The Morgan fingerprint density at radius 2 is 2.04 bits per heavy atom. The van der Waals surface area contributed by atoms with Crippen LogP contribution in [0, 0.1) is 0 Å². The largest absolute Gasteiger partial charge is 0.349 e. The number of para-hydroxylation sites is 2. The van der Waals surface area contributed by atoms with E-state index in [-0.39, 0.29) is 17.9 Å². The van der Waals surface area contributed by atoms with Gasteiger partial charge in [0.25, 0.3) is 5.91 Å². The summed E-state index contributed by atoms with van der Waals surface area (Å²) in [6.07, 6.45) is 2.66. The monoisotopic (exact) mass is 382 g/mol. The van der Waals surface area contributed by atoms with Gasteiger partial charge < -0.3 is 15.2 Å². The Morgan fingerprint density at radius 1 is 1.22 bits per heavy atom. The second kappa shape index (κ2) is 7.92. The second-order valence-electron chi connectivity index (χ2n) is 6.84. The molecule has 0 saturated carbocycles. The number of imidazole rings is 1. The summed E-state index contributed by atoms with van der Waals surface area (Å²) in [4.78, 5) is 34.3. The average Bonchev–Trinajstić information content (AvgIpc) is 3.36. The van der Waals surface area contributed by atoms with Gasteiger partial charge in [-0.25, -0.2) is 4.98 Å². The summed E-state index contributed by atoms with van der Waals surface area (Å²) in [5.41, 5.74) is 2.65. The van der Waals surface area contributed by atoms with Crippen LogP contribution in [0.25, 0.3) is 11.0 Å². The lowest BCUT2D eigenvalue weighted by Crippen LogP contribution is -2.46. The predicted octanol–water partition coefficient (Wildman–Crippen LogP) is 2.98. The van der Waals surface area contributed by atoms with Crippen molar-refractivity contribution >= 4 is 34.2 Å². The number of piperidine rings is 1. The van der Waals surface area contributed by atoms with Crippen molar-refractivity contribution < 1.29 is 9.59 Å². The minimum atomic E-state index is -0.0223. The van der Waals surface area contributed by atoms with Crippen LogP contribution in [0.15, 0.2) is 41.1 Å². The number of likely N-dealkylation sites (tertiary alicyclic amines) is 1. The van der Waals surface area contributed by atoms with Gasteiger partial charge in [-0.2, -0.15) is 11.3 Å². The highest BCUT2D eigenvalue weighted by atomic mass is 32.1. The van der Waals surface area contributed by atoms with Crippen LogP contribution >= 0.6 is 11.3 Å². The molecule has 27 heavy (non-hydrogen) atoms. The number of thiophene rings is 1. The zero-order chi connectivity index (χ0) is 18.6. The van der Waals surface area contributed by atoms with Gasteiger partial charge in [-0.05, 0) is 36.4 Å². The maximum absolute atomic E-state index is 12.5. The van der Waals surface area contributed by atoms with E-state index in [0.717, 1.165) is 29.7 Å². The number of aromatic nitrogens is 2. The van der Waals surface area contributed by atoms with Crippen molar-refractivity contribution in [3.8, 4) is 0 Å². The third-order valence-electron chi connectivity index (χ3n) is 4.98. The summed E-state index contributed by atoms with van der Waals surface area (Å²) in [7, 11) is 0. The molecule has 1 aliphatic heterocycles. The van der Waals surface area contributed by atoms with E-state index in [1.165, 1.54) is 11.3 Å². The molecule has 1 fully saturated rings. The van der Waals surface area contributed by atoms with E-state index in [4.69, 9.17) is 0 Å². The number of nitrogens with one attached hydrogen (secondary N) is 2. The van der Waals surface area contributed by atoms with Crippen LogP contribution in [0.2, 0.25) is 0 Å². The highest BCUT2D eigenvalue weighted by Gasteiger charge is 2.24. The number of carbonyl (C=O) groups is 2. The van der Waals surface area contributed by atoms with Crippen molar-refractivity contribution in [1.82, 2.24) is 20.2 Å². The molecule has 0 spiro atoms. The van der Waals surface area contributed by atoms with Crippen LogP contribution in [0.5, 0.6) is 0 Å². The van der Waals surface area contributed by atoms with Crippen molar-refractivity contribution in [3.05, 3.63) is 52.5 Å². The van der Waals surface area contributed by atoms with Crippen molar-refractivity contribution in [2.45, 2.75) is 31.7 Å². The molecule has 2 aromatic heterocycles. The van der Waals surface area contributed by atoms with Gasteiger partial charge in [0.15, 0.2) is 0 Å². The van der Waals surface area contributed by atoms with Crippen molar-refractivity contribution in [2.75, 3.05) is 13.1 Å². The van der Waals surface area contributed by atoms with Gasteiger partial charge in [0.1, 0.15) is 5.82 Å². The smallest absolute Gasteiger partial charge is 0.252 e. The number of aromatic amines is 1. The van der Waals surface area contributed by atoms with Crippen molar-refractivity contribution in [1.29, 1.82) is 0 Å². The van der Waals surface area contributed by atoms with Crippen LogP contribution in [0.3, 0.4) is 0 Å². The fourth-order valence-electron chi connectivity index (χ4n) is 3.44. The first kappa shape index (κ1) is 17.7. The molecule has 1 saturated heterocycles. The number of nitrogens with zero attached hydrogens (tertiary/aromatic N) is 2. The Kier molecular flexibility index (Phi) is 5.20. The van der Waals surface area contributed by atoms with Crippen molar-refractivity contribution in [3.63, 3.8) is 0 Å². The summed E-state index contributed by atoms with van der Waals surface area (Å²) in [6, 6.07) is 9.85. The molecular formula is C20H22N4O2S. The number of fused-ring (bicyclic) bond motifs is 1. The highest BCUT2D eigenvalue weighted by molar-refractivity contribution is 7.08. The Morgan fingerprint density at radius 3 is 2.78 bits per heavy atom. The molecule has 0 unspecified atom stereocenters. The van der Waals surface area contributed by atoms with Gasteiger partial charge in [0.05, 0.1) is 11.0 Å². The van der Waals surface area contributed by atoms with Gasteiger partial charge in [0, 0.05) is 42.9 Å². The molecule has 7 heteroatoms. The SMILES string of the molecule is O=C(NC1CCN(C(=O)CCc2nc3ccccc3[nH]2)CC1)c1ccsc1. The van der Waals surface area contributed by atoms with Gasteiger partial charge in [-0.15, -0.1) is 0 Å². The zero-order valence-electron chi connectivity index (χ0n) is 15.0. The van der Waals surface area contributed by atoms with Crippen molar-refractivity contribution in [2.24, 2.45) is 0 Å². The minimum Gasteiger partial charge on any atom is -0.349 e. The third-order valence-corrected chi connectivity index (χ3v) is 5.66. The van der Waals surface area contributed by atoms with Gasteiger partial charge >= 0.3 is 0 Å². The summed E-state index contributed by atoms with van der Waals surface area (Å²) in [5, 5.41) is 6.82. The van der Waals surface area contributed by atoms with Crippen LogP contribution < -0.4 is 5.32 Å². The molecule has 0 radical (unpaired) electrons. The maximum atomic E-state index is 12.5. The molecule has 0 bridgehead atoms. The van der Waals surface area contributed by atoms with Gasteiger partial charge in [0.2, 0.25) is 5.91 Å². The number of benzene rings is 1. The summed E-state index contributed by atoms with van der Waals surface area (Å²) in [6.45, 7) is 1.38. The van der Waals surface area contributed by atoms with E-state index >= 15 is 0 Å². The topological polar surface area (TPSA) is 78.1 Å². The van der Waals surface area contributed by atoms with Crippen LogP contribution in [-0.2, 0) is 11.2 Å². The maximum Gasteiger partial charge on any atom is 0.252 e. The number of hydrogen-bond donors (Lipinski definition) is 2. The van der Waals surface area contributed by atoms with Crippen LogP contribution in [0.4, 0.5) is 0 Å². The fraction of sp³-hybridized carbons (Fsp3) is 0.350. The Balaban J connectivity index is 1.24. The molecule has 6 nitrogen and oxygen atoms in total. The van der Waals surface area contributed by atoms with Gasteiger partial charge in [-0.3, -0.25) is 9.59 Å². The molecule has 3 heterocycles. The molecule has 3 aromatic rings. The molecule has 0 aliphatic carbocycles. The normalized spacial score (nSPS) is 15.2. The van der Waals surface area contributed by atoms with Crippen LogP contribution in [0.1, 0.15) is 35.4 Å². The highest BCUT2D eigenvalue weighted by Crippen LogP contribution is 2.15. The first-order valence-corrected chi connectivity index (χ1v) is 10.2. The van der Waals surface area contributed by atoms with E-state index in [0.29, 0.717) is 31.5 Å². The lowest BCUT2D eigenvalue weighted by Gasteiger charge is -2.32. The Bertz CT molecular complexity index is 894. The lowest BCUT2D eigenvalue weighted by atomic mass is 10.0. The molecule has 140 valence electrons. The van der Waals surface area contributed by atoms with E-state index in [1.807, 2.05) is 46.0 Å². The average molecular weight is 382 g/mol. The number of carbonyl (C=O) groups excluding carboxylic acids is 2. The molecular weight excluding hydrogens is 360 g/mol. The first-order chi connectivity index (χ1) is 13.2. The van der Waals surface area contributed by atoms with E-state index in [2.05, 4.69) is 15.3 Å². The van der Waals surface area contributed by atoms with E-state index in [9.17, 15) is 9.59 Å². The molecule has 2 amide bonds. The standard InChI is InChI=1S/C20H22N4O2S/c25-19(6-5-18-22-16-3-1-2-4-17(16)23-18)24-10-7-15(8-11-24)21-20(26)14-9-12-27-13-14/h1-4,9,12-13,15H,5-8,10-11H2,(H,21,26)(H,22,23). The zero-order valence-corrected chi connectivity index (χ0v) is 15.8. The summed E-state index contributed by atoms with van der Waals surface area (Å²) < 4.78 is 0. The first-order valence-electron chi connectivity index (χ1n) is 9.23. The number of hydrogen-bond acceptors (Lipinski definition) is 4. The summed E-state index contributed by atoms with van der Waals surface area (Å²) >= 11 is 1.52. The molecule has 4 rings (SSSR count). The van der Waals surface area contributed by atoms with Crippen LogP contribution in [-0.4, -0.2) is 45.8 Å². The number of amides is 2. The number of H-pyrrole nitrogens is 1.